The van der Waals surface area contributed by atoms with E-state index in [4.69, 9.17) is 57.8 Å². The molecule has 3 aliphatic heterocycles. The molecule has 0 amide bonds. The van der Waals surface area contributed by atoms with Crippen molar-refractivity contribution in [2.24, 2.45) is 0 Å². The maximum atomic E-state index is 10.0. The number of rotatable bonds is 10. The van der Waals surface area contributed by atoms with E-state index in [2.05, 4.69) is 132 Å². The fourth-order valence-corrected chi connectivity index (χ4v) is 13.8. The van der Waals surface area contributed by atoms with Gasteiger partial charge in [-0.3, -0.25) is 0 Å². The lowest BCUT2D eigenvalue weighted by atomic mass is 9.49. The van der Waals surface area contributed by atoms with E-state index in [1.165, 1.54) is 0 Å². The van der Waals surface area contributed by atoms with Gasteiger partial charge in [0.05, 0.1) is 90.3 Å². The highest BCUT2D eigenvalue weighted by Gasteiger charge is 2.64. The van der Waals surface area contributed by atoms with Crippen molar-refractivity contribution in [2.75, 3.05) is 0 Å². The fourth-order valence-electron chi connectivity index (χ4n) is 13.4. The summed E-state index contributed by atoms with van der Waals surface area (Å²) in [6, 6.07) is 84.9. The van der Waals surface area contributed by atoms with Crippen molar-refractivity contribution in [1.29, 1.82) is 10.5 Å². The topological polar surface area (TPSA) is 190 Å². The van der Waals surface area contributed by atoms with Gasteiger partial charge in [0.25, 0.3) is 0 Å². The molecule has 3 fully saturated rings. The SMILES string of the molecule is CC1(C)OB(B2OC(C)(C)C(C)(C)O2)OC1(C)C.CC1(C)OB(c2ccc3c(c2)c2ccccc2n3-c2ccc(C#N)cc2-c2nc(-c3ccccc3)nc(-c3ccccc3)n2)OC1(C)C.N#Cc1ccc(-n2c3ccccc3c3cc(Br)ccc32)c(-c2nc(-c3ccccc3)nc(-c3ccccc3)n2)c1. The molecule has 0 saturated carbocycles. The molecule has 0 radical (unpaired) electrons. The van der Waals surface area contributed by atoms with Crippen molar-refractivity contribution in [3.63, 3.8) is 0 Å². The second kappa shape index (κ2) is 27.6. The lowest BCUT2D eigenvalue weighted by Crippen LogP contribution is -2.41. The van der Waals surface area contributed by atoms with Crippen LogP contribution in [0, 0.1) is 22.7 Å². The van der Waals surface area contributed by atoms with E-state index in [0.717, 1.165) is 98.3 Å². The van der Waals surface area contributed by atoms with Crippen LogP contribution in [0.5, 0.6) is 0 Å². The first-order valence-corrected chi connectivity index (χ1v) is 36.2. The van der Waals surface area contributed by atoms with Gasteiger partial charge >= 0.3 is 21.1 Å². The van der Waals surface area contributed by atoms with Crippen molar-refractivity contribution in [2.45, 2.75) is 117 Å². The molecule has 7 heterocycles. The third-order valence-corrected chi connectivity index (χ3v) is 21.7. The van der Waals surface area contributed by atoms with Crippen molar-refractivity contribution in [1.82, 2.24) is 39.0 Å². The summed E-state index contributed by atoms with van der Waals surface area (Å²) in [7, 11) is -1.43. The molecule has 3 aliphatic rings. The molecule has 0 unspecified atom stereocenters. The normalized spacial score (nSPS) is 16.5. The minimum absolute atomic E-state index is 0.360. The van der Waals surface area contributed by atoms with Crippen LogP contribution in [0.4, 0.5) is 0 Å². The van der Waals surface area contributed by atoms with Gasteiger partial charge in [-0.25, -0.2) is 29.9 Å². The van der Waals surface area contributed by atoms with E-state index in [-0.39, 0.29) is 22.4 Å². The summed E-state index contributed by atoms with van der Waals surface area (Å²) in [5.41, 5.74) is 10.6. The lowest BCUT2D eigenvalue weighted by molar-refractivity contribution is 0.00578. The molecule has 106 heavy (non-hydrogen) atoms. The number of aromatic nitrogens is 8. The Bertz CT molecular complexity index is 5590. The Balaban J connectivity index is 0.000000140. The number of nitrogens with zero attached hydrogens (tertiary/aromatic N) is 10. The van der Waals surface area contributed by atoms with Crippen LogP contribution in [-0.4, -0.2) is 93.8 Å². The van der Waals surface area contributed by atoms with Gasteiger partial charge in [0, 0.05) is 59.4 Å². The molecule has 0 aliphatic carbocycles. The summed E-state index contributed by atoms with van der Waals surface area (Å²) in [6.45, 7) is 24.5. The first-order valence-electron chi connectivity index (χ1n) is 35.4. The molecule has 4 aromatic heterocycles. The molecule has 0 spiro atoms. The minimum Gasteiger partial charge on any atom is -0.405 e. The minimum atomic E-state index is -0.481. The smallest absolute Gasteiger partial charge is 0.405 e. The standard InChI is InChI=1S/C40H32BN5O2.C34H20BrN5.C12H24B2O4/c1-39(2)40(3,4)48-41(47-39)29-20-22-34-31(24-29)30-17-11-12-18-33(30)46(34)35-21-19-26(25-42)23-32(35)38-44-36(27-13-7-5-8-14-27)43-37(45-38)28-15-9-6-10-16-28;35-25-16-18-30-27(20-25)26-13-7-8-14-29(26)40(30)31-17-15-22(21-36)19-28(31)34-38-32(23-9-3-1-4-10-23)37-33(39-34)24-11-5-2-6-12-24;1-9(2)10(3,4)16-13(15-9)14-17-11(5,6)12(7,8)18-14/h5-24H,1-4H3;1-20H;1-8H3. The van der Waals surface area contributed by atoms with Crippen molar-refractivity contribution < 1.29 is 27.9 Å². The lowest BCUT2D eigenvalue weighted by Gasteiger charge is -2.32. The van der Waals surface area contributed by atoms with Gasteiger partial charge in [0.2, 0.25) is 0 Å². The predicted molar refractivity (Wildman–Crippen MR) is 426 cm³/mol. The molecule has 20 heteroatoms. The highest BCUT2D eigenvalue weighted by molar-refractivity contribution is 9.10. The van der Waals surface area contributed by atoms with Gasteiger partial charge in [0.15, 0.2) is 34.9 Å². The molecule has 0 N–H and O–H groups in total. The van der Waals surface area contributed by atoms with E-state index < -0.39 is 32.3 Å². The summed E-state index contributed by atoms with van der Waals surface area (Å²) < 4.78 is 42.1. The molecule has 0 bridgehead atoms. The zero-order valence-corrected chi connectivity index (χ0v) is 62.7. The van der Waals surface area contributed by atoms with Gasteiger partial charge in [-0.1, -0.05) is 186 Å². The number of halogens is 1. The van der Waals surface area contributed by atoms with Crippen LogP contribution < -0.4 is 5.46 Å². The van der Waals surface area contributed by atoms with E-state index >= 15 is 0 Å². The highest BCUT2D eigenvalue weighted by Crippen LogP contribution is 2.45. The molecule has 0 atom stereocenters. The number of benzene rings is 10. The quantitative estimate of drug-likeness (QED) is 0.118. The number of hydrogen-bond donors (Lipinski definition) is 0. The van der Waals surface area contributed by atoms with Crippen LogP contribution in [0.2, 0.25) is 0 Å². The first-order chi connectivity index (χ1) is 50.8. The number of hydrogen-bond acceptors (Lipinski definition) is 14. The molecular weight excluding hydrogens is 1380 g/mol. The molecule has 14 aromatic rings. The van der Waals surface area contributed by atoms with E-state index in [9.17, 15) is 10.5 Å². The largest absolute Gasteiger partial charge is 0.494 e. The van der Waals surface area contributed by atoms with E-state index in [1.807, 2.05) is 231 Å². The summed E-state index contributed by atoms with van der Waals surface area (Å²) in [6.07, 6.45) is 0. The van der Waals surface area contributed by atoms with Gasteiger partial charge in [-0.2, -0.15) is 10.5 Å². The number of fused-ring (bicyclic) bond motifs is 6. The maximum absolute atomic E-state index is 10.0. The first kappa shape index (κ1) is 70.9. The molecular formula is C86H76B3BrN10O6. The van der Waals surface area contributed by atoms with Crippen LogP contribution >= 0.6 is 15.9 Å². The summed E-state index contributed by atoms with van der Waals surface area (Å²) >= 11 is 3.64. The van der Waals surface area contributed by atoms with Crippen LogP contribution in [0.15, 0.2) is 247 Å². The zero-order valence-electron chi connectivity index (χ0n) is 61.1. The highest BCUT2D eigenvalue weighted by atomic mass is 79.9. The Morgan fingerprint density at radius 2 is 0.613 bits per heavy atom. The average molecular weight is 1460 g/mol. The number of para-hydroxylation sites is 2. The van der Waals surface area contributed by atoms with E-state index in [0.29, 0.717) is 46.1 Å². The summed E-state index contributed by atoms with van der Waals surface area (Å²) in [4.78, 5) is 29.7. The third kappa shape index (κ3) is 13.3. The summed E-state index contributed by atoms with van der Waals surface area (Å²) in [5.74, 6) is 3.24. The van der Waals surface area contributed by atoms with Gasteiger partial charge in [0.1, 0.15) is 0 Å². The number of nitriles is 2. The van der Waals surface area contributed by atoms with Crippen LogP contribution in [-0.2, 0) is 27.9 Å². The Hall–Kier alpha value is -10.8. The van der Waals surface area contributed by atoms with Gasteiger partial charge in [-0.05, 0) is 161 Å². The Morgan fingerprint density at radius 1 is 0.311 bits per heavy atom. The fraction of sp³-hybridized carbons (Fsp3) is 0.209. The van der Waals surface area contributed by atoms with Crippen LogP contribution in [0.25, 0.3) is 123 Å². The van der Waals surface area contributed by atoms with Crippen molar-refractivity contribution in [3.05, 3.63) is 258 Å². The average Bonchev–Trinajstić information content (AvgIpc) is 1.63. The van der Waals surface area contributed by atoms with E-state index in [1.54, 1.807) is 0 Å². The molecule has 522 valence electrons. The second-order valence-corrected chi connectivity index (χ2v) is 30.7. The third-order valence-electron chi connectivity index (χ3n) is 21.2. The molecule has 10 aromatic carbocycles. The monoisotopic (exact) mass is 1460 g/mol. The van der Waals surface area contributed by atoms with Gasteiger partial charge < -0.3 is 37.1 Å². The second-order valence-electron chi connectivity index (χ2n) is 29.7. The van der Waals surface area contributed by atoms with Crippen molar-refractivity contribution in [3.8, 4) is 91.8 Å². The maximum Gasteiger partial charge on any atom is 0.494 e. The van der Waals surface area contributed by atoms with Crippen LogP contribution in [0.1, 0.15) is 94.2 Å². The molecule has 16 nitrogen and oxygen atoms in total. The molecule has 3 saturated heterocycles. The van der Waals surface area contributed by atoms with Crippen LogP contribution in [0.3, 0.4) is 0 Å². The summed E-state index contributed by atoms with van der Waals surface area (Å²) in [5, 5.41) is 24.3. The Labute approximate surface area is 626 Å². The molecule has 17 rings (SSSR count). The van der Waals surface area contributed by atoms with Gasteiger partial charge in [-0.15, -0.1) is 0 Å². The van der Waals surface area contributed by atoms with Crippen molar-refractivity contribution >= 4 is 86.1 Å². The predicted octanol–water partition coefficient (Wildman–Crippen LogP) is 19.0. The zero-order chi connectivity index (χ0) is 74.1. The Kier molecular flexibility index (Phi) is 18.5. The Morgan fingerprint density at radius 3 is 0.972 bits per heavy atom.